The van der Waals surface area contributed by atoms with Crippen LogP contribution < -0.4 is 0 Å². The molecule has 0 aliphatic heterocycles. The minimum absolute atomic E-state index is 0.1000. The van der Waals surface area contributed by atoms with Crippen LogP contribution in [0.25, 0.3) is 0 Å². The largest absolute Gasteiger partial charge is 0.462 e. The van der Waals surface area contributed by atoms with Crippen LogP contribution in [0.4, 0.5) is 0 Å². The summed E-state index contributed by atoms with van der Waals surface area (Å²) in [4.78, 5) is 10.9. The third-order valence-corrected chi connectivity index (χ3v) is 3.14. The van der Waals surface area contributed by atoms with Crippen LogP contribution in [0.2, 0.25) is 0 Å². The van der Waals surface area contributed by atoms with E-state index in [-0.39, 0.29) is 12.1 Å². The van der Waals surface area contributed by atoms with E-state index in [1.807, 2.05) is 0 Å². The Bertz CT molecular complexity index is 232. The number of hydrogen-bond donors (Lipinski definition) is 0. The fourth-order valence-electron chi connectivity index (χ4n) is 2.11. The van der Waals surface area contributed by atoms with Gasteiger partial charge in [-0.05, 0) is 38.0 Å². The molecule has 1 saturated carbocycles. The smallest absolute Gasteiger partial charge is 0.302 e. The molecule has 1 aliphatic carbocycles. The molecular formula is C12H20O2. The summed E-state index contributed by atoms with van der Waals surface area (Å²) in [5.74, 6) is 0.870. The van der Waals surface area contributed by atoms with Crippen molar-refractivity contribution in [3.05, 3.63) is 12.2 Å². The first-order valence-electron chi connectivity index (χ1n) is 5.33. The van der Waals surface area contributed by atoms with Gasteiger partial charge in [0.1, 0.15) is 6.10 Å². The monoisotopic (exact) mass is 196 g/mol. The molecule has 3 atom stereocenters. The van der Waals surface area contributed by atoms with E-state index in [1.54, 1.807) is 0 Å². The molecule has 0 amide bonds. The van der Waals surface area contributed by atoms with Crippen molar-refractivity contribution in [2.45, 2.75) is 46.1 Å². The average molecular weight is 196 g/mol. The van der Waals surface area contributed by atoms with E-state index >= 15 is 0 Å². The van der Waals surface area contributed by atoms with E-state index in [2.05, 4.69) is 20.4 Å². The van der Waals surface area contributed by atoms with E-state index in [0.717, 1.165) is 12.8 Å². The lowest BCUT2D eigenvalue weighted by atomic mass is 9.78. The van der Waals surface area contributed by atoms with Gasteiger partial charge in [0.25, 0.3) is 0 Å². The van der Waals surface area contributed by atoms with E-state index in [1.165, 1.54) is 18.9 Å². The van der Waals surface area contributed by atoms with Gasteiger partial charge < -0.3 is 4.74 Å². The zero-order chi connectivity index (χ0) is 10.7. The molecule has 0 heterocycles. The molecule has 0 radical (unpaired) electrons. The number of carbonyl (C=O) groups is 1. The summed E-state index contributed by atoms with van der Waals surface area (Å²) in [7, 11) is 0. The number of rotatable bonds is 2. The first-order chi connectivity index (χ1) is 6.50. The molecule has 0 aromatic heterocycles. The number of esters is 1. The topological polar surface area (TPSA) is 26.3 Å². The highest BCUT2D eigenvalue weighted by atomic mass is 16.5. The lowest BCUT2D eigenvalue weighted by Crippen LogP contribution is -2.31. The highest BCUT2D eigenvalue weighted by Crippen LogP contribution is 2.34. The molecule has 0 aromatic carbocycles. The van der Waals surface area contributed by atoms with Crippen molar-refractivity contribution in [2.75, 3.05) is 0 Å². The van der Waals surface area contributed by atoms with Gasteiger partial charge in [0.15, 0.2) is 0 Å². The molecule has 0 saturated heterocycles. The molecule has 0 unspecified atom stereocenters. The molecule has 0 aromatic rings. The minimum Gasteiger partial charge on any atom is -0.462 e. The van der Waals surface area contributed by atoms with Crippen molar-refractivity contribution in [1.82, 2.24) is 0 Å². The summed E-state index contributed by atoms with van der Waals surface area (Å²) >= 11 is 0. The third kappa shape index (κ3) is 2.86. The summed E-state index contributed by atoms with van der Waals surface area (Å²) in [5, 5.41) is 0. The number of hydrogen-bond acceptors (Lipinski definition) is 2. The Balaban J connectivity index is 2.55. The molecule has 1 fully saturated rings. The molecule has 14 heavy (non-hydrogen) atoms. The van der Waals surface area contributed by atoms with Crippen LogP contribution in [0.15, 0.2) is 12.2 Å². The molecule has 0 spiro atoms. The van der Waals surface area contributed by atoms with E-state index in [0.29, 0.717) is 11.8 Å². The van der Waals surface area contributed by atoms with Crippen molar-refractivity contribution in [3.63, 3.8) is 0 Å². The first-order valence-corrected chi connectivity index (χ1v) is 5.33. The van der Waals surface area contributed by atoms with Gasteiger partial charge in [-0.2, -0.15) is 0 Å². The van der Waals surface area contributed by atoms with Crippen LogP contribution in [0.1, 0.15) is 40.0 Å². The second-order valence-corrected chi connectivity index (χ2v) is 4.48. The Hall–Kier alpha value is -0.790. The Morgan fingerprint density at radius 2 is 2.00 bits per heavy atom. The zero-order valence-electron chi connectivity index (χ0n) is 9.38. The van der Waals surface area contributed by atoms with E-state index in [4.69, 9.17) is 4.74 Å². The fourth-order valence-corrected chi connectivity index (χ4v) is 2.11. The summed E-state index contributed by atoms with van der Waals surface area (Å²) in [6.07, 6.45) is 3.38. The van der Waals surface area contributed by atoms with Gasteiger partial charge in [-0.25, -0.2) is 0 Å². The Morgan fingerprint density at radius 3 is 2.50 bits per heavy atom. The SMILES string of the molecule is C=C(C)[C@@H]1CC[C@H](C)[C@@H](OC(C)=O)C1. The van der Waals surface area contributed by atoms with Gasteiger partial charge in [-0.3, -0.25) is 4.79 Å². The minimum atomic E-state index is -0.163. The molecule has 80 valence electrons. The second kappa shape index (κ2) is 4.63. The van der Waals surface area contributed by atoms with Gasteiger partial charge in [0.2, 0.25) is 0 Å². The van der Waals surface area contributed by atoms with Gasteiger partial charge in [0, 0.05) is 6.92 Å². The number of allylic oxidation sites excluding steroid dienone is 1. The zero-order valence-corrected chi connectivity index (χ0v) is 9.38. The Labute approximate surface area is 86.3 Å². The first kappa shape index (κ1) is 11.3. The van der Waals surface area contributed by atoms with Crippen molar-refractivity contribution >= 4 is 5.97 Å². The van der Waals surface area contributed by atoms with Crippen molar-refractivity contribution in [3.8, 4) is 0 Å². The van der Waals surface area contributed by atoms with Gasteiger partial charge in [-0.1, -0.05) is 19.1 Å². The molecular weight excluding hydrogens is 176 g/mol. The van der Waals surface area contributed by atoms with Gasteiger partial charge >= 0.3 is 5.97 Å². The van der Waals surface area contributed by atoms with Crippen LogP contribution in [0.3, 0.4) is 0 Å². The van der Waals surface area contributed by atoms with Crippen molar-refractivity contribution < 1.29 is 9.53 Å². The highest BCUT2D eigenvalue weighted by molar-refractivity contribution is 5.66. The number of carbonyl (C=O) groups excluding carboxylic acids is 1. The van der Waals surface area contributed by atoms with Crippen LogP contribution in [-0.4, -0.2) is 12.1 Å². The lowest BCUT2D eigenvalue weighted by Gasteiger charge is -2.33. The molecule has 0 bridgehead atoms. The van der Waals surface area contributed by atoms with E-state index in [9.17, 15) is 4.79 Å². The maximum Gasteiger partial charge on any atom is 0.302 e. The normalized spacial score (nSPS) is 32.4. The Morgan fingerprint density at radius 1 is 1.36 bits per heavy atom. The molecule has 2 heteroatoms. The van der Waals surface area contributed by atoms with E-state index < -0.39 is 0 Å². The fraction of sp³-hybridized carbons (Fsp3) is 0.750. The van der Waals surface area contributed by atoms with Crippen LogP contribution in [-0.2, 0) is 9.53 Å². The van der Waals surface area contributed by atoms with Crippen molar-refractivity contribution in [2.24, 2.45) is 11.8 Å². The second-order valence-electron chi connectivity index (χ2n) is 4.48. The summed E-state index contributed by atoms with van der Waals surface area (Å²) < 4.78 is 5.30. The molecule has 1 rings (SSSR count). The predicted octanol–water partition coefficient (Wildman–Crippen LogP) is 2.93. The highest BCUT2D eigenvalue weighted by Gasteiger charge is 2.29. The summed E-state index contributed by atoms with van der Waals surface area (Å²) in [6, 6.07) is 0. The van der Waals surface area contributed by atoms with Crippen LogP contribution in [0.5, 0.6) is 0 Å². The van der Waals surface area contributed by atoms with Crippen LogP contribution >= 0.6 is 0 Å². The van der Waals surface area contributed by atoms with Gasteiger partial charge in [-0.15, -0.1) is 0 Å². The quantitative estimate of drug-likeness (QED) is 0.501. The number of ether oxygens (including phenoxy) is 1. The maximum absolute atomic E-state index is 10.9. The van der Waals surface area contributed by atoms with Crippen LogP contribution in [0, 0.1) is 11.8 Å². The molecule has 1 aliphatic rings. The average Bonchev–Trinajstić information content (AvgIpc) is 2.07. The molecule has 0 N–H and O–H groups in total. The standard InChI is InChI=1S/C12H20O2/c1-8(2)11-6-5-9(3)12(7-11)14-10(4)13/h9,11-12H,1,5-7H2,2-4H3/t9-,11+,12-/m0/s1. The predicted molar refractivity (Wildman–Crippen MR) is 56.9 cm³/mol. The maximum atomic E-state index is 10.9. The third-order valence-electron chi connectivity index (χ3n) is 3.14. The summed E-state index contributed by atoms with van der Waals surface area (Å²) in [5.41, 5.74) is 1.22. The summed E-state index contributed by atoms with van der Waals surface area (Å²) in [6.45, 7) is 9.68. The Kier molecular flexibility index (Phi) is 3.73. The lowest BCUT2D eigenvalue weighted by molar-refractivity contribution is -0.151. The van der Waals surface area contributed by atoms with Crippen molar-refractivity contribution in [1.29, 1.82) is 0 Å². The van der Waals surface area contributed by atoms with Gasteiger partial charge in [0.05, 0.1) is 0 Å². The molecule has 2 nitrogen and oxygen atoms in total.